The lowest BCUT2D eigenvalue weighted by Crippen LogP contribution is -2.10. The van der Waals surface area contributed by atoms with Gasteiger partial charge in [-0.05, 0) is 18.2 Å². The minimum absolute atomic E-state index is 0.603. The molecule has 0 radical (unpaired) electrons. The summed E-state index contributed by atoms with van der Waals surface area (Å²) in [4.78, 5) is 8.85. The van der Waals surface area contributed by atoms with Crippen molar-refractivity contribution < 1.29 is 14.2 Å². The number of fused-ring (bicyclic) bond motifs is 1. The number of ether oxygens (including phenoxy) is 3. The molecule has 0 spiro atoms. The second-order valence-electron chi connectivity index (χ2n) is 5.10. The van der Waals surface area contributed by atoms with Gasteiger partial charge in [0.05, 0.1) is 32.7 Å². The van der Waals surface area contributed by atoms with Crippen molar-refractivity contribution in [1.82, 2.24) is 14.4 Å². The maximum Gasteiger partial charge on any atom is 0.180 e. The van der Waals surface area contributed by atoms with Crippen LogP contribution in [0.1, 0.15) is 0 Å². The number of rotatable bonds is 7. The van der Waals surface area contributed by atoms with Crippen LogP contribution < -0.4 is 14.8 Å². The maximum absolute atomic E-state index is 5.38. The quantitative estimate of drug-likeness (QED) is 0.672. The van der Waals surface area contributed by atoms with E-state index in [1.807, 2.05) is 35.0 Å². The molecule has 24 heavy (non-hydrogen) atoms. The van der Waals surface area contributed by atoms with Crippen LogP contribution in [0.15, 0.2) is 36.8 Å². The van der Waals surface area contributed by atoms with Crippen LogP contribution in [0.3, 0.4) is 0 Å². The minimum Gasteiger partial charge on any atom is -0.493 e. The van der Waals surface area contributed by atoms with Crippen LogP contribution in [0, 0.1) is 0 Å². The number of anilines is 1. The van der Waals surface area contributed by atoms with E-state index in [-0.39, 0.29) is 0 Å². The van der Waals surface area contributed by atoms with E-state index in [4.69, 9.17) is 14.2 Å². The third kappa shape index (κ3) is 2.98. The molecular weight excluding hydrogens is 308 g/mol. The Morgan fingerprint density at radius 3 is 2.67 bits per heavy atom. The van der Waals surface area contributed by atoms with Crippen LogP contribution in [-0.2, 0) is 4.74 Å². The Bertz CT molecular complexity index is 832. The fourth-order valence-corrected chi connectivity index (χ4v) is 2.52. The highest BCUT2D eigenvalue weighted by Gasteiger charge is 2.12. The van der Waals surface area contributed by atoms with E-state index in [9.17, 15) is 0 Å². The monoisotopic (exact) mass is 328 g/mol. The lowest BCUT2D eigenvalue weighted by atomic mass is 10.1. The molecular formula is C17H20N4O3. The third-order valence-corrected chi connectivity index (χ3v) is 3.71. The van der Waals surface area contributed by atoms with E-state index >= 15 is 0 Å². The number of aromatic nitrogens is 3. The molecule has 0 aliphatic rings. The Labute approximate surface area is 140 Å². The van der Waals surface area contributed by atoms with Crippen molar-refractivity contribution in [1.29, 1.82) is 0 Å². The number of nitrogens with zero attached hydrogens (tertiary/aromatic N) is 3. The Balaban J connectivity index is 2.00. The molecule has 0 bridgehead atoms. The van der Waals surface area contributed by atoms with Crippen molar-refractivity contribution in [2.75, 3.05) is 39.8 Å². The van der Waals surface area contributed by atoms with Gasteiger partial charge in [0.2, 0.25) is 0 Å². The van der Waals surface area contributed by atoms with Crippen molar-refractivity contribution in [3.8, 4) is 22.8 Å². The third-order valence-electron chi connectivity index (χ3n) is 3.71. The average molecular weight is 328 g/mol. The fraction of sp³-hybridized carbons (Fsp3) is 0.294. The summed E-state index contributed by atoms with van der Waals surface area (Å²) in [5.74, 6) is 2.09. The number of nitrogens with one attached hydrogen (secondary N) is 1. The van der Waals surface area contributed by atoms with E-state index in [1.54, 1.807) is 27.5 Å². The first-order valence-electron chi connectivity index (χ1n) is 7.55. The van der Waals surface area contributed by atoms with Crippen molar-refractivity contribution in [2.24, 2.45) is 0 Å². The van der Waals surface area contributed by atoms with Gasteiger partial charge >= 0.3 is 0 Å². The molecule has 0 saturated heterocycles. The van der Waals surface area contributed by atoms with Crippen molar-refractivity contribution in [3.05, 3.63) is 36.8 Å². The fourth-order valence-electron chi connectivity index (χ4n) is 2.52. The summed E-state index contributed by atoms with van der Waals surface area (Å²) in [7, 11) is 4.91. The highest BCUT2D eigenvalue weighted by Crippen LogP contribution is 2.32. The topological polar surface area (TPSA) is 69.9 Å². The highest BCUT2D eigenvalue weighted by molar-refractivity contribution is 5.72. The van der Waals surface area contributed by atoms with Crippen molar-refractivity contribution in [2.45, 2.75) is 0 Å². The molecule has 0 unspecified atom stereocenters. The number of benzene rings is 1. The van der Waals surface area contributed by atoms with Crippen LogP contribution in [0.5, 0.6) is 11.5 Å². The van der Waals surface area contributed by atoms with E-state index in [1.165, 1.54) is 0 Å². The smallest absolute Gasteiger partial charge is 0.180 e. The van der Waals surface area contributed by atoms with Gasteiger partial charge in [-0.25, -0.2) is 9.97 Å². The molecule has 0 atom stereocenters. The van der Waals surface area contributed by atoms with Crippen LogP contribution in [0.25, 0.3) is 16.9 Å². The van der Waals surface area contributed by atoms with Gasteiger partial charge in [-0.3, -0.25) is 4.40 Å². The van der Waals surface area contributed by atoms with E-state index in [0.717, 1.165) is 22.7 Å². The van der Waals surface area contributed by atoms with Gasteiger partial charge in [-0.15, -0.1) is 0 Å². The maximum atomic E-state index is 5.38. The first-order chi connectivity index (χ1) is 11.8. The molecule has 3 rings (SSSR count). The van der Waals surface area contributed by atoms with Gasteiger partial charge in [0.25, 0.3) is 0 Å². The Hall–Kier alpha value is -2.80. The molecule has 1 aromatic carbocycles. The van der Waals surface area contributed by atoms with E-state index in [2.05, 4.69) is 15.3 Å². The van der Waals surface area contributed by atoms with Gasteiger partial charge < -0.3 is 19.5 Å². The summed E-state index contributed by atoms with van der Waals surface area (Å²) >= 11 is 0. The first-order valence-corrected chi connectivity index (χ1v) is 7.55. The molecule has 3 aromatic rings. The lowest BCUT2D eigenvalue weighted by Gasteiger charge is -2.10. The van der Waals surface area contributed by atoms with Crippen molar-refractivity contribution in [3.63, 3.8) is 0 Å². The van der Waals surface area contributed by atoms with Gasteiger partial charge in [0, 0.05) is 31.6 Å². The zero-order chi connectivity index (χ0) is 16.9. The molecule has 7 heteroatoms. The predicted octanol–water partition coefficient (Wildman–Crippen LogP) is 2.47. The molecule has 2 aromatic heterocycles. The van der Waals surface area contributed by atoms with Gasteiger partial charge in [-0.2, -0.15) is 0 Å². The molecule has 0 saturated carbocycles. The van der Waals surface area contributed by atoms with Gasteiger partial charge in [-0.1, -0.05) is 0 Å². The number of hydrogen-bond donors (Lipinski definition) is 1. The average Bonchev–Trinajstić information content (AvgIpc) is 3.06. The predicted molar refractivity (Wildman–Crippen MR) is 91.9 cm³/mol. The molecule has 0 aliphatic carbocycles. The normalized spacial score (nSPS) is 10.8. The Kier molecular flexibility index (Phi) is 4.81. The molecule has 1 N–H and O–H groups in total. The van der Waals surface area contributed by atoms with Crippen molar-refractivity contribution >= 4 is 11.5 Å². The number of methoxy groups -OCH3 is 3. The summed E-state index contributed by atoms with van der Waals surface area (Å²) < 4.78 is 17.7. The second kappa shape index (κ2) is 7.18. The molecule has 0 fully saturated rings. The second-order valence-corrected chi connectivity index (χ2v) is 5.10. The van der Waals surface area contributed by atoms with Crippen LogP contribution in [0.4, 0.5) is 5.82 Å². The summed E-state index contributed by atoms with van der Waals surface area (Å²) in [5.41, 5.74) is 2.69. The molecule has 7 nitrogen and oxygen atoms in total. The van der Waals surface area contributed by atoms with Crippen LogP contribution in [-0.4, -0.2) is 48.8 Å². The van der Waals surface area contributed by atoms with Gasteiger partial charge in [0.1, 0.15) is 0 Å². The number of hydrogen-bond acceptors (Lipinski definition) is 6. The zero-order valence-electron chi connectivity index (χ0n) is 13.9. The lowest BCUT2D eigenvalue weighted by molar-refractivity contribution is 0.210. The van der Waals surface area contributed by atoms with Crippen LogP contribution in [0.2, 0.25) is 0 Å². The largest absolute Gasteiger partial charge is 0.493 e. The Morgan fingerprint density at radius 1 is 1.08 bits per heavy atom. The van der Waals surface area contributed by atoms with E-state index in [0.29, 0.717) is 24.7 Å². The number of imidazole rings is 1. The first kappa shape index (κ1) is 16.1. The standard InChI is InChI=1S/C17H20N4O3/c1-22-9-7-19-16-17-20-11-13(21(17)8-6-18-16)12-4-5-14(23-2)15(10-12)24-3/h4-6,8,10-11H,7,9H2,1-3H3,(H,18,19). The molecule has 0 aliphatic heterocycles. The van der Waals surface area contributed by atoms with Gasteiger partial charge in [0.15, 0.2) is 23.0 Å². The SMILES string of the molecule is COCCNc1nccn2c(-c3ccc(OC)c(OC)c3)cnc12. The summed E-state index contributed by atoms with van der Waals surface area (Å²) in [6.45, 7) is 1.27. The summed E-state index contributed by atoms with van der Waals surface area (Å²) in [6.07, 6.45) is 5.45. The summed E-state index contributed by atoms with van der Waals surface area (Å²) in [6, 6.07) is 5.79. The molecule has 0 amide bonds. The molecule has 126 valence electrons. The highest BCUT2D eigenvalue weighted by atomic mass is 16.5. The van der Waals surface area contributed by atoms with E-state index < -0.39 is 0 Å². The zero-order valence-corrected chi connectivity index (χ0v) is 13.9. The molecule has 2 heterocycles. The Morgan fingerprint density at radius 2 is 1.92 bits per heavy atom. The minimum atomic E-state index is 0.603. The summed E-state index contributed by atoms with van der Waals surface area (Å²) in [5, 5.41) is 3.23. The van der Waals surface area contributed by atoms with Crippen LogP contribution >= 0.6 is 0 Å².